The zero-order valence-electron chi connectivity index (χ0n) is 24.6. The van der Waals surface area contributed by atoms with Crippen LogP contribution in [0.5, 0.6) is 5.75 Å². The van der Waals surface area contributed by atoms with E-state index >= 15 is 0 Å². The number of aliphatic hydroxyl groups excluding tert-OH is 1. The lowest BCUT2D eigenvalue weighted by molar-refractivity contribution is -0.144. The van der Waals surface area contributed by atoms with Gasteiger partial charge in [0.2, 0.25) is 20.0 Å². The number of rotatable bonds is 11. The molecule has 2 heterocycles. The fraction of sp³-hybridized carbons (Fsp3) is 0.500. The number of amides is 2. The number of piperidine rings is 1. The van der Waals surface area contributed by atoms with Crippen molar-refractivity contribution in [3.63, 3.8) is 0 Å². The van der Waals surface area contributed by atoms with E-state index in [9.17, 15) is 36.6 Å². The van der Waals surface area contributed by atoms with Gasteiger partial charge in [0.1, 0.15) is 11.8 Å². The lowest BCUT2D eigenvalue weighted by atomic mass is 9.98. The van der Waals surface area contributed by atoms with Gasteiger partial charge in [0.15, 0.2) is 0 Å². The smallest absolute Gasteiger partial charge is 0.328 e. The molecular weight excluding hydrogens is 614 g/mol. The first-order valence-corrected chi connectivity index (χ1v) is 17.6. The normalized spacial score (nSPS) is 19.0. The topological polar surface area (TPSA) is 195 Å². The second-order valence-corrected chi connectivity index (χ2v) is 14.7. The fourth-order valence-corrected chi connectivity index (χ4v) is 7.42. The average molecular weight is 654 g/mol. The molecule has 242 valence electrons. The molecule has 5 N–H and O–H groups in total. The molecule has 0 aromatic heterocycles. The summed E-state index contributed by atoms with van der Waals surface area (Å²) in [5.74, 6) is -0.533. The maximum Gasteiger partial charge on any atom is 0.328 e. The van der Waals surface area contributed by atoms with Crippen molar-refractivity contribution in [3.05, 3.63) is 48.0 Å². The van der Waals surface area contributed by atoms with Gasteiger partial charge in [-0.05, 0) is 80.1 Å². The molecule has 2 aromatic carbocycles. The molecule has 0 spiro atoms. The third-order valence-corrected chi connectivity index (χ3v) is 10.3. The highest BCUT2D eigenvalue weighted by Crippen LogP contribution is 2.28. The van der Waals surface area contributed by atoms with Crippen LogP contribution in [0.25, 0.3) is 0 Å². The molecule has 2 atom stereocenters. The number of carbonyl (C=O) groups excluding carboxylic acids is 2. The highest BCUT2D eigenvalue weighted by atomic mass is 32.2. The van der Waals surface area contributed by atoms with E-state index in [4.69, 9.17) is 4.74 Å². The summed E-state index contributed by atoms with van der Waals surface area (Å²) in [5, 5.41) is 26.3. The number of esters is 1. The van der Waals surface area contributed by atoms with Crippen molar-refractivity contribution >= 4 is 43.4 Å². The molecule has 0 radical (unpaired) electrons. The number of hydrogen-bond donors (Lipinski definition) is 5. The van der Waals surface area contributed by atoms with Crippen LogP contribution in [0.1, 0.15) is 37.4 Å². The molecule has 2 amide bonds. The molecule has 4 rings (SSSR count). The third kappa shape index (κ3) is 8.38. The number of carbonyl (C=O) groups is 2. The lowest BCUT2D eigenvalue weighted by Crippen LogP contribution is -2.43. The summed E-state index contributed by atoms with van der Waals surface area (Å²) in [5.41, 5.74) is 0.814. The highest BCUT2D eigenvalue weighted by molar-refractivity contribution is 7.92. The van der Waals surface area contributed by atoms with Crippen LogP contribution >= 0.6 is 0 Å². The largest absolute Gasteiger partial charge is 0.506 e. The van der Waals surface area contributed by atoms with E-state index < -0.39 is 44.2 Å². The van der Waals surface area contributed by atoms with Crippen LogP contribution < -0.4 is 15.4 Å². The van der Waals surface area contributed by atoms with Crippen molar-refractivity contribution in [1.82, 2.24) is 14.5 Å². The van der Waals surface area contributed by atoms with Crippen molar-refractivity contribution in [3.8, 4) is 5.75 Å². The number of hydrogen-bond acceptors (Lipinski definition) is 10. The number of likely N-dealkylation sites (tertiary alicyclic amines) is 1. The summed E-state index contributed by atoms with van der Waals surface area (Å²) in [4.78, 5) is 26.2. The van der Waals surface area contributed by atoms with Crippen LogP contribution in [0.2, 0.25) is 0 Å². The average Bonchev–Trinajstić information content (AvgIpc) is 3.48. The maximum atomic E-state index is 13.3. The Bertz CT molecular complexity index is 1540. The molecule has 0 saturated carbocycles. The number of aliphatic hydroxyl groups is 1. The van der Waals surface area contributed by atoms with Crippen molar-refractivity contribution in [2.24, 2.45) is 5.92 Å². The molecule has 2 aliphatic heterocycles. The van der Waals surface area contributed by atoms with Crippen LogP contribution in [0.3, 0.4) is 0 Å². The minimum absolute atomic E-state index is 0.0205. The van der Waals surface area contributed by atoms with Crippen molar-refractivity contribution in [1.29, 1.82) is 0 Å². The van der Waals surface area contributed by atoms with Gasteiger partial charge in [0, 0.05) is 31.9 Å². The molecule has 16 heteroatoms. The van der Waals surface area contributed by atoms with E-state index in [0.717, 1.165) is 6.26 Å². The number of nitrogens with zero attached hydrogens (tertiary/aromatic N) is 2. The Hall–Kier alpha value is -3.44. The molecule has 0 bridgehead atoms. The molecule has 0 aliphatic carbocycles. The van der Waals surface area contributed by atoms with E-state index in [1.807, 2.05) is 0 Å². The van der Waals surface area contributed by atoms with Crippen LogP contribution in [-0.4, -0.2) is 100 Å². The quantitative estimate of drug-likeness (QED) is 0.176. The Morgan fingerprint density at radius 3 is 2.34 bits per heavy atom. The molecule has 2 saturated heterocycles. The van der Waals surface area contributed by atoms with Gasteiger partial charge in [-0.15, -0.1) is 0 Å². The van der Waals surface area contributed by atoms with Crippen LogP contribution in [0.15, 0.2) is 47.4 Å². The Morgan fingerprint density at radius 1 is 1.02 bits per heavy atom. The molecular formula is C28H39N5O9S2. The monoisotopic (exact) mass is 653 g/mol. The van der Waals surface area contributed by atoms with Crippen molar-refractivity contribution in [2.45, 2.75) is 42.7 Å². The summed E-state index contributed by atoms with van der Waals surface area (Å²) >= 11 is 0. The SMILES string of the molecule is COC(=O)[C@@H]1CCCN1C(=O)Nc1ccc(S(=O)(=O)N2CCC(CNC[C@@H](O)c3ccc(O)c(NS(C)(=O)=O)c3)CC2)cc1. The number of anilines is 2. The summed E-state index contributed by atoms with van der Waals surface area (Å²) < 4.78 is 57.9. The fourth-order valence-electron chi connectivity index (χ4n) is 5.38. The van der Waals surface area contributed by atoms with Crippen LogP contribution in [-0.2, 0) is 29.6 Å². The van der Waals surface area contributed by atoms with E-state index in [-0.39, 0.29) is 28.8 Å². The van der Waals surface area contributed by atoms with Gasteiger partial charge in [0.25, 0.3) is 0 Å². The first-order valence-electron chi connectivity index (χ1n) is 14.2. The van der Waals surface area contributed by atoms with Gasteiger partial charge in [-0.3, -0.25) is 4.72 Å². The predicted molar refractivity (Wildman–Crippen MR) is 163 cm³/mol. The standard InChI is InChI=1S/C28H39N5O9S2/c1-42-27(36)24-4-3-13-33(24)28(37)30-21-6-8-22(9-7-21)44(40,41)32-14-11-19(12-15-32)17-29-18-26(35)20-5-10-25(34)23(16-20)31-43(2,38)39/h5-10,16,19,24,26,29,31,34-35H,3-4,11-15,17-18H2,1-2H3,(H,30,37)/t24-,26+/m0/s1. The van der Waals surface area contributed by atoms with E-state index in [0.29, 0.717) is 63.1 Å². The molecule has 2 aromatic rings. The van der Waals surface area contributed by atoms with Crippen LogP contribution in [0, 0.1) is 5.92 Å². The second kappa shape index (κ2) is 14.1. The Morgan fingerprint density at radius 2 is 1.70 bits per heavy atom. The molecule has 14 nitrogen and oxygen atoms in total. The second-order valence-electron chi connectivity index (χ2n) is 11.0. The number of ether oxygens (including phenoxy) is 1. The van der Waals surface area contributed by atoms with Gasteiger partial charge >= 0.3 is 12.0 Å². The van der Waals surface area contributed by atoms with Gasteiger partial charge < -0.3 is 30.5 Å². The molecule has 44 heavy (non-hydrogen) atoms. The number of nitrogens with one attached hydrogen (secondary N) is 3. The Labute approximate surface area is 257 Å². The van der Waals surface area contributed by atoms with E-state index in [1.54, 1.807) is 0 Å². The van der Waals surface area contributed by atoms with Gasteiger partial charge in [-0.25, -0.2) is 26.4 Å². The zero-order chi connectivity index (χ0) is 32.1. The molecule has 0 unspecified atom stereocenters. The summed E-state index contributed by atoms with van der Waals surface area (Å²) in [6.07, 6.45) is 2.47. The van der Waals surface area contributed by atoms with E-state index in [2.05, 4.69) is 15.4 Å². The predicted octanol–water partition coefficient (Wildman–Crippen LogP) is 1.66. The number of phenols is 1. The van der Waals surface area contributed by atoms with Gasteiger partial charge in [0.05, 0.1) is 30.1 Å². The minimum atomic E-state index is -3.74. The number of aromatic hydroxyl groups is 1. The zero-order valence-corrected chi connectivity index (χ0v) is 26.2. The minimum Gasteiger partial charge on any atom is -0.506 e. The summed E-state index contributed by atoms with van der Waals surface area (Å²) in [6, 6.07) is 9.03. The number of benzene rings is 2. The molecule has 2 fully saturated rings. The van der Waals surface area contributed by atoms with Crippen molar-refractivity contribution < 1.29 is 41.4 Å². The maximum absolute atomic E-state index is 13.3. The first kappa shape index (κ1) is 33.5. The number of urea groups is 1. The number of methoxy groups -OCH3 is 1. The van der Waals surface area contributed by atoms with E-state index in [1.165, 1.54) is 58.8 Å². The number of phenolic OH excluding ortho intramolecular Hbond substituents is 1. The third-order valence-electron chi connectivity index (χ3n) is 7.78. The Balaban J connectivity index is 1.24. The van der Waals surface area contributed by atoms with Crippen molar-refractivity contribution in [2.75, 3.05) is 56.1 Å². The Kier molecular flexibility index (Phi) is 10.7. The van der Waals surface area contributed by atoms with Gasteiger partial charge in [-0.1, -0.05) is 6.07 Å². The number of sulfonamides is 2. The molecule has 2 aliphatic rings. The van der Waals surface area contributed by atoms with Gasteiger partial charge in [-0.2, -0.15) is 4.31 Å². The van der Waals surface area contributed by atoms with Crippen LogP contribution in [0.4, 0.5) is 16.2 Å². The summed E-state index contributed by atoms with van der Waals surface area (Å²) in [6.45, 7) is 1.83. The summed E-state index contributed by atoms with van der Waals surface area (Å²) in [7, 11) is -6.07. The lowest BCUT2D eigenvalue weighted by Gasteiger charge is -2.31. The first-order chi connectivity index (χ1) is 20.8. The highest BCUT2D eigenvalue weighted by Gasteiger charge is 2.35.